The van der Waals surface area contributed by atoms with Crippen LogP contribution >= 0.6 is 0 Å². The first-order valence-electron chi connectivity index (χ1n) is 7.32. The lowest BCUT2D eigenvalue weighted by Gasteiger charge is -2.14. The lowest BCUT2D eigenvalue weighted by Crippen LogP contribution is -2.25. The Kier molecular flexibility index (Phi) is 5.05. The number of rotatable bonds is 5. The molecule has 2 rings (SSSR count). The van der Waals surface area contributed by atoms with Crippen LogP contribution in [0.25, 0.3) is 0 Å². The fourth-order valence-electron chi connectivity index (χ4n) is 2.22. The molecule has 5 nitrogen and oxygen atoms in total. The first-order valence-corrected chi connectivity index (χ1v) is 8.80. The van der Waals surface area contributed by atoms with E-state index >= 15 is 0 Å². The third-order valence-electron chi connectivity index (χ3n) is 3.39. The highest BCUT2D eigenvalue weighted by molar-refractivity contribution is 7.92. The maximum Gasteiger partial charge on any atom is 0.262 e. The lowest BCUT2D eigenvalue weighted by atomic mass is 10.2. The predicted octanol–water partition coefficient (Wildman–Crippen LogP) is 2.85. The number of para-hydroxylation sites is 1. The van der Waals surface area contributed by atoms with Crippen LogP contribution < -0.4 is 10.0 Å². The highest BCUT2D eigenvalue weighted by Crippen LogP contribution is 2.23. The Bertz CT molecular complexity index is 829. The number of hydrogen-bond donors (Lipinski definition) is 2. The molecule has 6 heteroatoms. The van der Waals surface area contributed by atoms with Crippen molar-refractivity contribution in [1.82, 2.24) is 5.32 Å². The summed E-state index contributed by atoms with van der Waals surface area (Å²) >= 11 is 0. The normalized spacial score (nSPS) is 11.1. The molecular formula is C17H20N2O3S. The van der Waals surface area contributed by atoms with E-state index in [9.17, 15) is 13.2 Å². The molecule has 0 spiro atoms. The maximum atomic E-state index is 12.7. The van der Waals surface area contributed by atoms with Gasteiger partial charge in [-0.3, -0.25) is 9.52 Å². The van der Waals surface area contributed by atoms with Crippen molar-refractivity contribution in [2.75, 3.05) is 11.3 Å². The van der Waals surface area contributed by atoms with Crippen molar-refractivity contribution in [2.24, 2.45) is 0 Å². The van der Waals surface area contributed by atoms with Crippen LogP contribution in [-0.4, -0.2) is 20.9 Å². The molecule has 0 fully saturated rings. The topological polar surface area (TPSA) is 75.3 Å². The van der Waals surface area contributed by atoms with E-state index in [0.29, 0.717) is 17.7 Å². The van der Waals surface area contributed by atoms with E-state index in [1.54, 1.807) is 50.2 Å². The highest BCUT2D eigenvalue weighted by atomic mass is 32.2. The van der Waals surface area contributed by atoms with Gasteiger partial charge in [0, 0.05) is 6.54 Å². The molecule has 0 radical (unpaired) electrons. The predicted molar refractivity (Wildman–Crippen MR) is 91.2 cm³/mol. The fraction of sp³-hybridized carbons (Fsp3) is 0.235. The van der Waals surface area contributed by atoms with Crippen LogP contribution in [0, 0.1) is 13.8 Å². The third-order valence-corrected chi connectivity index (χ3v) is 4.89. The number of carbonyl (C=O) groups excluding carboxylic acids is 1. The van der Waals surface area contributed by atoms with Crippen LogP contribution in [0.1, 0.15) is 28.4 Å². The molecule has 0 saturated carbocycles. The van der Waals surface area contributed by atoms with E-state index < -0.39 is 10.0 Å². The van der Waals surface area contributed by atoms with Gasteiger partial charge >= 0.3 is 0 Å². The Hall–Kier alpha value is -2.34. The number of nitrogens with one attached hydrogen (secondary N) is 2. The second kappa shape index (κ2) is 6.83. The van der Waals surface area contributed by atoms with Crippen LogP contribution in [0.15, 0.2) is 47.4 Å². The summed E-state index contributed by atoms with van der Waals surface area (Å²) in [5, 5.41) is 2.67. The number of carbonyl (C=O) groups is 1. The Morgan fingerprint density at radius 1 is 1.09 bits per heavy atom. The SMILES string of the molecule is CCNC(=O)c1ccccc1NS(=O)(=O)c1cc(C)ccc1C. The van der Waals surface area contributed by atoms with Gasteiger partial charge in [-0.05, 0) is 50.1 Å². The van der Waals surface area contributed by atoms with Gasteiger partial charge in [-0.2, -0.15) is 0 Å². The Morgan fingerprint density at radius 3 is 2.48 bits per heavy atom. The molecule has 2 aromatic rings. The summed E-state index contributed by atoms with van der Waals surface area (Å²) in [6, 6.07) is 11.8. The van der Waals surface area contributed by atoms with Crippen LogP contribution in [0.2, 0.25) is 0 Å². The zero-order valence-electron chi connectivity index (χ0n) is 13.4. The summed E-state index contributed by atoms with van der Waals surface area (Å²) < 4.78 is 27.9. The fourth-order valence-corrected chi connectivity index (χ4v) is 3.63. The molecule has 0 aromatic heterocycles. The van der Waals surface area contributed by atoms with Gasteiger partial charge in [0.2, 0.25) is 0 Å². The standard InChI is InChI=1S/C17H20N2O3S/c1-4-18-17(20)14-7-5-6-8-15(14)19-23(21,22)16-11-12(2)9-10-13(16)3/h5-11,19H,4H2,1-3H3,(H,18,20). The quantitative estimate of drug-likeness (QED) is 0.884. The summed E-state index contributed by atoms with van der Waals surface area (Å²) in [7, 11) is -3.77. The number of benzene rings is 2. The summed E-state index contributed by atoms with van der Waals surface area (Å²) in [6.45, 7) is 5.85. The molecule has 0 heterocycles. The van der Waals surface area contributed by atoms with E-state index in [0.717, 1.165) is 5.56 Å². The van der Waals surface area contributed by atoms with E-state index in [-0.39, 0.29) is 16.5 Å². The summed E-state index contributed by atoms with van der Waals surface area (Å²) in [6.07, 6.45) is 0. The van der Waals surface area contributed by atoms with Gasteiger partial charge in [0.25, 0.3) is 15.9 Å². The first-order chi connectivity index (χ1) is 10.8. The van der Waals surface area contributed by atoms with Crippen molar-refractivity contribution in [3.8, 4) is 0 Å². The molecule has 0 aliphatic heterocycles. The van der Waals surface area contributed by atoms with Crippen molar-refractivity contribution < 1.29 is 13.2 Å². The van der Waals surface area contributed by atoms with Crippen LogP contribution in [-0.2, 0) is 10.0 Å². The molecule has 0 aliphatic carbocycles. The average Bonchev–Trinajstić information content (AvgIpc) is 2.50. The molecule has 2 aromatic carbocycles. The summed E-state index contributed by atoms with van der Waals surface area (Å²) in [4.78, 5) is 12.3. The smallest absolute Gasteiger partial charge is 0.262 e. The number of hydrogen-bond acceptors (Lipinski definition) is 3. The monoisotopic (exact) mass is 332 g/mol. The molecular weight excluding hydrogens is 312 g/mol. The van der Waals surface area contributed by atoms with Gasteiger partial charge in [0.05, 0.1) is 16.1 Å². The van der Waals surface area contributed by atoms with Crippen molar-refractivity contribution >= 4 is 21.6 Å². The van der Waals surface area contributed by atoms with Gasteiger partial charge in [-0.25, -0.2) is 8.42 Å². The second-order valence-electron chi connectivity index (χ2n) is 5.28. The average molecular weight is 332 g/mol. The van der Waals surface area contributed by atoms with Gasteiger partial charge in [-0.1, -0.05) is 24.3 Å². The minimum atomic E-state index is -3.77. The molecule has 23 heavy (non-hydrogen) atoms. The van der Waals surface area contributed by atoms with Crippen molar-refractivity contribution in [3.05, 3.63) is 59.2 Å². The number of amides is 1. The van der Waals surface area contributed by atoms with E-state index in [1.807, 2.05) is 13.0 Å². The van der Waals surface area contributed by atoms with E-state index in [4.69, 9.17) is 0 Å². The van der Waals surface area contributed by atoms with Crippen LogP contribution in [0.4, 0.5) is 5.69 Å². The van der Waals surface area contributed by atoms with Gasteiger partial charge in [0.15, 0.2) is 0 Å². The second-order valence-corrected chi connectivity index (χ2v) is 6.93. The molecule has 0 atom stereocenters. The van der Waals surface area contributed by atoms with Gasteiger partial charge < -0.3 is 5.32 Å². The molecule has 0 aliphatic rings. The highest BCUT2D eigenvalue weighted by Gasteiger charge is 2.20. The molecule has 0 bridgehead atoms. The van der Waals surface area contributed by atoms with Crippen LogP contribution in [0.3, 0.4) is 0 Å². The lowest BCUT2D eigenvalue weighted by molar-refractivity contribution is 0.0956. The molecule has 1 amide bonds. The Balaban J connectivity index is 2.42. The maximum absolute atomic E-state index is 12.7. The van der Waals surface area contributed by atoms with Crippen molar-refractivity contribution in [1.29, 1.82) is 0 Å². The summed E-state index contributed by atoms with van der Waals surface area (Å²) in [5.41, 5.74) is 2.06. The van der Waals surface area contributed by atoms with Gasteiger partial charge in [0.1, 0.15) is 0 Å². The van der Waals surface area contributed by atoms with Crippen LogP contribution in [0.5, 0.6) is 0 Å². The number of sulfonamides is 1. The zero-order valence-corrected chi connectivity index (χ0v) is 14.2. The first kappa shape index (κ1) is 17.0. The Morgan fingerprint density at radius 2 is 1.78 bits per heavy atom. The number of aryl methyl sites for hydroxylation is 2. The largest absolute Gasteiger partial charge is 0.352 e. The zero-order chi connectivity index (χ0) is 17.0. The third kappa shape index (κ3) is 3.90. The van der Waals surface area contributed by atoms with Crippen molar-refractivity contribution in [2.45, 2.75) is 25.7 Å². The molecule has 0 saturated heterocycles. The molecule has 2 N–H and O–H groups in total. The van der Waals surface area contributed by atoms with E-state index in [2.05, 4.69) is 10.0 Å². The number of anilines is 1. The van der Waals surface area contributed by atoms with E-state index in [1.165, 1.54) is 0 Å². The van der Waals surface area contributed by atoms with Gasteiger partial charge in [-0.15, -0.1) is 0 Å². The summed E-state index contributed by atoms with van der Waals surface area (Å²) in [5.74, 6) is -0.313. The molecule has 0 unspecified atom stereocenters. The minimum absolute atomic E-state index is 0.211. The van der Waals surface area contributed by atoms with Crippen molar-refractivity contribution in [3.63, 3.8) is 0 Å². The minimum Gasteiger partial charge on any atom is -0.352 e. The molecule has 122 valence electrons. The Labute approximate surface area is 136 Å².